The van der Waals surface area contributed by atoms with Gasteiger partial charge in [-0.2, -0.15) is 0 Å². The Kier molecular flexibility index (Phi) is 6.30. The zero-order valence-electron chi connectivity index (χ0n) is 20.8. The molecule has 0 amide bonds. The third-order valence-corrected chi connectivity index (χ3v) is 10.1. The summed E-state index contributed by atoms with van der Waals surface area (Å²) in [6.07, 6.45) is 3.73. The SMILES string of the molecule is CN1C(N)=N[C@](C)(c2cc(CC(=O)c3ccc(F)cn3)ccc2F)[C@@]2(CCN(Cc3cocn3)C2)S1(=O)=O. The van der Waals surface area contributed by atoms with E-state index in [-0.39, 0.29) is 36.6 Å². The third-order valence-electron chi connectivity index (χ3n) is 7.52. The zero-order chi connectivity index (χ0) is 27.3. The molecule has 10 nitrogen and oxygen atoms in total. The average molecular weight is 545 g/mol. The number of carbonyl (C=O) groups excluding carboxylic acids is 1. The largest absolute Gasteiger partial charge is 0.451 e. The van der Waals surface area contributed by atoms with Gasteiger partial charge in [-0.05, 0) is 43.2 Å². The van der Waals surface area contributed by atoms with E-state index < -0.39 is 37.7 Å². The fraction of sp³-hybridized carbons (Fsp3) is 0.360. The molecule has 0 bridgehead atoms. The van der Waals surface area contributed by atoms with Gasteiger partial charge in [0, 0.05) is 38.7 Å². The van der Waals surface area contributed by atoms with Gasteiger partial charge >= 0.3 is 0 Å². The Morgan fingerprint density at radius 2 is 2.00 bits per heavy atom. The molecule has 5 rings (SSSR count). The molecule has 2 N–H and O–H groups in total. The van der Waals surface area contributed by atoms with Gasteiger partial charge in [0.05, 0.1) is 11.9 Å². The summed E-state index contributed by atoms with van der Waals surface area (Å²) in [7, 11) is -2.77. The maximum absolute atomic E-state index is 15.5. The number of benzene rings is 1. The molecule has 2 atom stereocenters. The number of guanidine groups is 1. The normalized spacial score (nSPS) is 25.1. The summed E-state index contributed by atoms with van der Waals surface area (Å²) in [5.74, 6) is -1.91. The maximum atomic E-state index is 15.5. The van der Waals surface area contributed by atoms with Crippen LogP contribution in [0.25, 0.3) is 0 Å². The van der Waals surface area contributed by atoms with Crippen LogP contribution < -0.4 is 5.73 Å². The second kappa shape index (κ2) is 9.24. The standard InChI is InChI=1S/C25H26F2N6O4S/c1-24(19-9-16(3-5-20(19)27)10-22(34)21-6-4-17(26)11-29-21)25(38(35,36)32(2)23(28)31-24)7-8-33(14-25)12-18-13-37-15-30-18/h3-6,9,11,13,15H,7-8,10,12,14H2,1-2H3,(H2,28,31)/t24-,25+/m1/s1. The highest BCUT2D eigenvalue weighted by Crippen LogP contribution is 2.51. The second-order valence-electron chi connectivity index (χ2n) is 9.73. The van der Waals surface area contributed by atoms with Crippen molar-refractivity contribution >= 4 is 21.8 Å². The molecule has 2 aliphatic rings. The van der Waals surface area contributed by atoms with E-state index in [0.29, 0.717) is 24.3 Å². The highest BCUT2D eigenvalue weighted by molar-refractivity contribution is 7.91. The number of rotatable bonds is 6. The summed E-state index contributed by atoms with van der Waals surface area (Å²) in [5.41, 5.74) is 5.58. The lowest BCUT2D eigenvalue weighted by atomic mass is 9.77. The minimum absolute atomic E-state index is 0.0118. The van der Waals surface area contributed by atoms with Crippen LogP contribution in [0.2, 0.25) is 0 Å². The van der Waals surface area contributed by atoms with Crippen molar-refractivity contribution in [3.63, 3.8) is 0 Å². The van der Waals surface area contributed by atoms with E-state index in [1.807, 2.05) is 4.90 Å². The summed E-state index contributed by atoms with van der Waals surface area (Å²) in [4.78, 5) is 27.2. The first-order chi connectivity index (χ1) is 18.0. The first kappa shape index (κ1) is 25.9. The van der Waals surface area contributed by atoms with E-state index in [9.17, 15) is 17.6 Å². The molecule has 0 unspecified atom stereocenters. The van der Waals surface area contributed by atoms with E-state index in [1.54, 1.807) is 6.92 Å². The number of pyridine rings is 1. The molecule has 2 aliphatic heterocycles. The molecule has 1 fully saturated rings. The molecule has 0 saturated carbocycles. The van der Waals surface area contributed by atoms with Crippen molar-refractivity contribution in [3.8, 4) is 0 Å². The first-order valence-corrected chi connectivity index (χ1v) is 13.3. The Morgan fingerprint density at radius 1 is 1.21 bits per heavy atom. The number of aromatic nitrogens is 2. The van der Waals surface area contributed by atoms with Gasteiger partial charge in [0.2, 0.25) is 16.0 Å². The van der Waals surface area contributed by atoms with Crippen molar-refractivity contribution in [3.05, 3.63) is 83.3 Å². The number of aliphatic imine (C=N–C) groups is 1. The number of oxazole rings is 1. The molecule has 2 aromatic heterocycles. The summed E-state index contributed by atoms with van der Waals surface area (Å²) in [6, 6.07) is 6.49. The maximum Gasteiger partial charge on any atom is 0.247 e. The molecule has 0 aliphatic carbocycles. The Labute approximate surface area is 218 Å². The van der Waals surface area contributed by atoms with Crippen molar-refractivity contribution < 1.29 is 26.4 Å². The lowest BCUT2D eigenvalue weighted by Gasteiger charge is -2.48. The summed E-state index contributed by atoms with van der Waals surface area (Å²) >= 11 is 0. The van der Waals surface area contributed by atoms with E-state index in [2.05, 4.69) is 15.0 Å². The molecule has 4 heterocycles. The predicted octanol–water partition coefficient (Wildman–Crippen LogP) is 2.22. The van der Waals surface area contributed by atoms with Crippen molar-refractivity contribution in [2.45, 2.75) is 36.6 Å². The van der Waals surface area contributed by atoms with Crippen LogP contribution in [0, 0.1) is 11.6 Å². The van der Waals surface area contributed by atoms with Crippen LogP contribution in [0.1, 0.15) is 40.7 Å². The molecule has 3 aromatic rings. The van der Waals surface area contributed by atoms with Gasteiger partial charge in [-0.3, -0.25) is 14.7 Å². The molecular weight excluding hydrogens is 518 g/mol. The monoisotopic (exact) mass is 544 g/mol. The van der Waals surface area contributed by atoms with Crippen LogP contribution in [0.15, 0.2) is 58.6 Å². The minimum Gasteiger partial charge on any atom is -0.451 e. The fourth-order valence-corrected chi connectivity index (χ4v) is 7.53. The molecule has 13 heteroatoms. The van der Waals surface area contributed by atoms with E-state index >= 15 is 4.39 Å². The summed E-state index contributed by atoms with van der Waals surface area (Å²) in [6.45, 7) is 2.34. The molecule has 1 aromatic carbocycles. The predicted molar refractivity (Wildman–Crippen MR) is 133 cm³/mol. The number of sulfonamides is 1. The molecule has 1 spiro atoms. The van der Waals surface area contributed by atoms with Gasteiger partial charge in [-0.1, -0.05) is 6.07 Å². The second-order valence-corrected chi connectivity index (χ2v) is 12.0. The van der Waals surface area contributed by atoms with Crippen LogP contribution in [0.3, 0.4) is 0 Å². The van der Waals surface area contributed by atoms with E-state index in [0.717, 1.165) is 16.6 Å². The number of hydrogen-bond acceptors (Lipinski definition) is 9. The highest BCUT2D eigenvalue weighted by atomic mass is 32.2. The van der Waals surface area contributed by atoms with Gasteiger partial charge in [0.15, 0.2) is 12.2 Å². The number of halogens is 2. The number of nitrogens with two attached hydrogens (primary N) is 1. The fourth-order valence-electron chi connectivity index (χ4n) is 5.36. The van der Waals surface area contributed by atoms with Crippen LogP contribution in [0.5, 0.6) is 0 Å². The lowest BCUT2D eigenvalue weighted by Crippen LogP contribution is -2.66. The Hall–Kier alpha value is -3.71. The number of hydrogen-bond donors (Lipinski definition) is 1. The van der Waals surface area contributed by atoms with Crippen LogP contribution >= 0.6 is 0 Å². The highest BCUT2D eigenvalue weighted by Gasteiger charge is 2.66. The average Bonchev–Trinajstić information content (AvgIpc) is 3.55. The van der Waals surface area contributed by atoms with E-state index in [4.69, 9.17) is 10.2 Å². The number of carbonyl (C=O) groups is 1. The van der Waals surface area contributed by atoms with Crippen molar-refractivity contribution in [2.24, 2.45) is 10.7 Å². The number of Topliss-reactive ketones (excluding diaryl/α,β-unsaturated/α-hetero) is 1. The lowest BCUT2D eigenvalue weighted by molar-refractivity contribution is 0.0988. The Bertz CT molecular complexity index is 1510. The molecule has 1 saturated heterocycles. The number of ketones is 1. The number of likely N-dealkylation sites (tertiary alicyclic amines) is 1. The van der Waals surface area contributed by atoms with E-state index in [1.165, 1.54) is 44.0 Å². The van der Waals surface area contributed by atoms with Crippen LogP contribution in [-0.2, 0) is 28.5 Å². The molecule has 200 valence electrons. The van der Waals surface area contributed by atoms with Crippen LogP contribution in [0.4, 0.5) is 8.78 Å². The topological polar surface area (TPSA) is 135 Å². The van der Waals surface area contributed by atoms with Crippen LogP contribution in [-0.4, -0.2) is 64.2 Å². The number of nitrogens with zero attached hydrogens (tertiary/aromatic N) is 5. The quantitative estimate of drug-likeness (QED) is 0.467. The molecule has 38 heavy (non-hydrogen) atoms. The minimum atomic E-state index is -4.11. The van der Waals surface area contributed by atoms with Gasteiger partial charge in [-0.25, -0.2) is 31.5 Å². The van der Waals surface area contributed by atoms with Crippen molar-refractivity contribution in [2.75, 3.05) is 20.1 Å². The Balaban J connectivity index is 1.56. The van der Waals surface area contributed by atoms with Gasteiger partial charge in [0.1, 0.15) is 33.9 Å². The summed E-state index contributed by atoms with van der Waals surface area (Å²) in [5, 5.41) is 0. The van der Waals surface area contributed by atoms with Gasteiger partial charge in [-0.15, -0.1) is 0 Å². The van der Waals surface area contributed by atoms with Gasteiger partial charge in [0.25, 0.3) is 0 Å². The summed E-state index contributed by atoms with van der Waals surface area (Å²) < 4.78 is 61.1. The zero-order valence-corrected chi connectivity index (χ0v) is 21.6. The third kappa shape index (κ3) is 4.06. The Morgan fingerprint density at radius 3 is 2.68 bits per heavy atom. The molecule has 0 radical (unpaired) electrons. The van der Waals surface area contributed by atoms with Crippen molar-refractivity contribution in [1.29, 1.82) is 0 Å². The molecular formula is C25H26F2N6O4S. The van der Waals surface area contributed by atoms with Gasteiger partial charge < -0.3 is 10.2 Å². The smallest absolute Gasteiger partial charge is 0.247 e. The van der Waals surface area contributed by atoms with Crippen molar-refractivity contribution in [1.82, 2.24) is 19.2 Å². The first-order valence-electron chi connectivity index (χ1n) is 11.8.